The van der Waals surface area contributed by atoms with Gasteiger partial charge in [-0.3, -0.25) is 14.9 Å². The van der Waals surface area contributed by atoms with E-state index in [0.717, 1.165) is 23.6 Å². The number of hydrogen-bond acceptors (Lipinski definition) is 6. The Morgan fingerprint density at radius 1 is 1.46 bits per heavy atom. The summed E-state index contributed by atoms with van der Waals surface area (Å²) in [4.78, 5) is 23.2. The molecule has 1 amide bonds. The van der Waals surface area contributed by atoms with Crippen LogP contribution >= 0.6 is 11.8 Å². The number of nitro benzene ring substituents is 1. The minimum atomic E-state index is -0.444. The molecule has 2 aromatic rings. The molecule has 24 heavy (non-hydrogen) atoms. The van der Waals surface area contributed by atoms with Crippen LogP contribution in [-0.4, -0.2) is 30.8 Å². The fourth-order valence-corrected chi connectivity index (χ4v) is 3.16. The van der Waals surface area contributed by atoms with Crippen LogP contribution < -0.4 is 5.32 Å². The second kappa shape index (κ2) is 7.00. The molecule has 0 radical (unpaired) electrons. The molecule has 1 atom stereocenters. The maximum atomic E-state index is 12.2. The van der Waals surface area contributed by atoms with Crippen molar-refractivity contribution < 1.29 is 9.72 Å². The first kappa shape index (κ1) is 16.4. The van der Waals surface area contributed by atoms with Crippen LogP contribution in [0.1, 0.15) is 31.6 Å². The molecular weight excluding hydrogens is 330 g/mol. The second-order valence-corrected chi connectivity index (χ2v) is 7.03. The van der Waals surface area contributed by atoms with Crippen molar-refractivity contribution in [3.63, 3.8) is 0 Å². The molecule has 9 heteroatoms. The normalized spacial score (nSPS) is 15.0. The number of non-ortho nitro benzene ring substituents is 1. The Morgan fingerprint density at radius 3 is 2.79 bits per heavy atom. The molecule has 126 valence electrons. The molecule has 0 aliphatic heterocycles. The van der Waals surface area contributed by atoms with Crippen LogP contribution in [0, 0.1) is 10.1 Å². The van der Waals surface area contributed by atoms with Gasteiger partial charge in [-0.05, 0) is 31.9 Å². The van der Waals surface area contributed by atoms with Gasteiger partial charge in [0.2, 0.25) is 5.91 Å². The summed E-state index contributed by atoms with van der Waals surface area (Å²) in [6.07, 6.45) is 3.96. The summed E-state index contributed by atoms with van der Waals surface area (Å²) in [5, 5.41) is 21.1. The van der Waals surface area contributed by atoms with Gasteiger partial charge in [0.05, 0.1) is 16.7 Å². The second-order valence-electron chi connectivity index (χ2n) is 5.61. The van der Waals surface area contributed by atoms with Crippen LogP contribution in [-0.2, 0) is 11.3 Å². The van der Waals surface area contributed by atoms with E-state index in [0.29, 0.717) is 12.6 Å². The zero-order valence-electron chi connectivity index (χ0n) is 13.1. The summed E-state index contributed by atoms with van der Waals surface area (Å²) in [5.74, 6) is 0.655. The highest BCUT2D eigenvalue weighted by atomic mass is 32.2. The van der Waals surface area contributed by atoms with E-state index >= 15 is 0 Å². The van der Waals surface area contributed by atoms with Crippen molar-refractivity contribution in [2.45, 2.75) is 42.5 Å². The van der Waals surface area contributed by atoms with Gasteiger partial charge in [-0.25, -0.2) is 0 Å². The zero-order chi connectivity index (χ0) is 17.1. The first-order valence-electron chi connectivity index (χ1n) is 7.62. The molecule has 1 aromatic carbocycles. The zero-order valence-corrected chi connectivity index (χ0v) is 13.9. The highest BCUT2D eigenvalue weighted by Gasteiger charge is 2.26. The molecule has 1 fully saturated rings. The number of benzene rings is 1. The molecule has 0 bridgehead atoms. The molecule has 0 saturated heterocycles. The van der Waals surface area contributed by atoms with Crippen molar-refractivity contribution in [3.05, 3.63) is 46.5 Å². The minimum absolute atomic E-state index is 0.0378. The molecular formula is C15H17N5O3S. The summed E-state index contributed by atoms with van der Waals surface area (Å²) in [7, 11) is 0. The summed E-state index contributed by atoms with van der Waals surface area (Å²) in [5.41, 5.74) is 0.0378. The number of aromatic nitrogens is 3. The van der Waals surface area contributed by atoms with E-state index in [2.05, 4.69) is 15.5 Å². The maximum Gasteiger partial charge on any atom is 0.269 e. The van der Waals surface area contributed by atoms with Crippen molar-refractivity contribution in [2.75, 3.05) is 0 Å². The topological polar surface area (TPSA) is 103 Å². The third kappa shape index (κ3) is 3.91. The molecule has 0 unspecified atom stereocenters. The van der Waals surface area contributed by atoms with Gasteiger partial charge in [0.15, 0.2) is 5.82 Å². The standard InChI is InChI=1S/C15H17N5O3S/c1-10(24-13-6-4-12(5-7-13)20(22)23)15(21)16-8-14-18-17-9-19(14)11-2-3-11/h4-7,9-11H,2-3,8H2,1H3,(H,16,21)/t10-/m1/s1. The lowest BCUT2D eigenvalue weighted by Gasteiger charge is -2.12. The number of thioether (sulfide) groups is 1. The van der Waals surface area contributed by atoms with Crippen LogP contribution in [0.3, 0.4) is 0 Å². The largest absolute Gasteiger partial charge is 0.348 e. The fraction of sp³-hybridized carbons (Fsp3) is 0.400. The average Bonchev–Trinajstić information content (AvgIpc) is 3.31. The van der Waals surface area contributed by atoms with Gasteiger partial charge in [-0.15, -0.1) is 22.0 Å². The molecule has 1 heterocycles. The molecule has 3 rings (SSSR count). The molecule has 1 aromatic heterocycles. The Labute approximate surface area is 142 Å². The van der Waals surface area contributed by atoms with Gasteiger partial charge in [0.25, 0.3) is 5.69 Å². The van der Waals surface area contributed by atoms with Crippen molar-refractivity contribution in [2.24, 2.45) is 0 Å². The molecule has 1 saturated carbocycles. The number of carbonyl (C=O) groups is 1. The van der Waals surface area contributed by atoms with Gasteiger partial charge in [-0.2, -0.15) is 0 Å². The van der Waals surface area contributed by atoms with Gasteiger partial charge >= 0.3 is 0 Å². The van der Waals surface area contributed by atoms with Crippen molar-refractivity contribution in [1.29, 1.82) is 0 Å². The summed E-state index contributed by atoms with van der Waals surface area (Å²) >= 11 is 1.35. The first-order valence-corrected chi connectivity index (χ1v) is 8.50. The highest BCUT2D eigenvalue weighted by molar-refractivity contribution is 8.00. The van der Waals surface area contributed by atoms with Crippen LogP contribution in [0.5, 0.6) is 0 Å². The summed E-state index contributed by atoms with van der Waals surface area (Å²) in [6, 6.07) is 6.64. The Balaban J connectivity index is 1.52. The quantitative estimate of drug-likeness (QED) is 0.468. The van der Waals surface area contributed by atoms with E-state index < -0.39 is 4.92 Å². The first-order chi connectivity index (χ1) is 11.5. The lowest BCUT2D eigenvalue weighted by molar-refractivity contribution is -0.384. The molecule has 8 nitrogen and oxygen atoms in total. The monoisotopic (exact) mass is 347 g/mol. The lowest BCUT2D eigenvalue weighted by atomic mass is 10.3. The molecule has 1 aliphatic rings. The SMILES string of the molecule is C[C@@H](Sc1ccc([N+](=O)[O-])cc1)C(=O)NCc1nncn1C1CC1. The van der Waals surface area contributed by atoms with Gasteiger partial charge in [0.1, 0.15) is 6.33 Å². The van der Waals surface area contributed by atoms with Gasteiger partial charge in [0, 0.05) is 23.1 Å². The average molecular weight is 347 g/mol. The smallest absolute Gasteiger partial charge is 0.269 e. The highest BCUT2D eigenvalue weighted by Crippen LogP contribution is 2.35. The van der Waals surface area contributed by atoms with Crippen LogP contribution in [0.4, 0.5) is 5.69 Å². The summed E-state index contributed by atoms with van der Waals surface area (Å²) < 4.78 is 2.01. The van der Waals surface area contributed by atoms with Crippen molar-refractivity contribution >= 4 is 23.4 Å². The summed E-state index contributed by atoms with van der Waals surface area (Å²) in [6.45, 7) is 2.15. The molecule has 1 aliphatic carbocycles. The maximum absolute atomic E-state index is 12.2. The van der Waals surface area contributed by atoms with Crippen molar-refractivity contribution in [3.8, 4) is 0 Å². The Morgan fingerprint density at radius 2 is 2.17 bits per heavy atom. The van der Waals surface area contributed by atoms with E-state index in [1.807, 2.05) is 4.57 Å². The van der Waals surface area contributed by atoms with Crippen molar-refractivity contribution in [1.82, 2.24) is 20.1 Å². The number of rotatable bonds is 7. The Bertz CT molecular complexity index is 742. The fourth-order valence-electron chi connectivity index (χ4n) is 2.26. The Kier molecular flexibility index (Phi) is 4.79. The predicted octanol–water partition coefficient (Wildman–Crippen LogP) is 2.32. The van der Waals surface area contributed by atoms with E-state index in [1.54, 1.807) is 25.4 Å². The molecule has 0 spiro atoms. The number of amides is 1. The third-order valence-electron chi connectivity index (χ3n) is 3.74. The van der Waals surface area contributed by atoms with E-state index in [4.69, 9.17) is 0 Å². The predicted molar refractivity (Wildman–Crippen MR) is 88.6 cm³/mol. The van der Waals surface area contributed by atoms with Crippen LogP contribution in [0.15, 0.2) is 35.5 Å². The van der Waals surface area contributed by atoms with Crippen LogP contribution in [0.25, 0.3) is 0 Å². The van der Waals surface area contributed by atoms with Crippen LogP contribution in [0.2, 0.25) is 0 Å². The number of carbonyl (C=O) groups excluding carboxylic acids is 1. The number of hydrogen-bond donors (Lipinski definition) is 1. The number of nitrogens with one attached hydrogen (secondary N) is 1. The van der Waals surface area contributed by atoms with E-state index in [1.165, 1.54) is 23.9 Å². The minimum Gasteiger partial charge on any atom is -0.348 e. The van der Waals surface area contributed by atoms with E-state index in [-0.39, 0.29) is 16.8 Å². The number of nitro groups is 1. The van der Waals surface area contributed by atoms with Gasteiger partial charge < -0.3 is 9.88 Å². The third-order valence-corrected chi connectivity index (χ3v) is 4.85. The Hall–Kier alpha value is -2.42. The number of nitrogens with zero attached hydrogens (tertiary/aromatic N) is 4. The van der Waals surface area contributed by atoms with Gasteiger partial charge in [-0.1, -0.05) is 0 Å². The molecule has 1 N–H and O–H groups in total. The van der Waals surface area contributed by atoms with E-state index in [9.17, 15) is 14.9 Å². The lowest BCUT2D eigenvalue weighted by Crippen LogP contribution is -2.31.